The summed E-state index contributed by atoms with van der Waals surface area (Å²) in [4.78, 5) is 11.9. The van der Waals surface area contributed by atoms with Gasteiger partial charge >= 0.3 is 0 Å². The van der Waals surface area contributed by atoms with Gasteiger partial charge in [0.05, 0.1) is 0 Å². The Morgan fingerprint density at radius 1 is 1.36 bits per heavy atom. The molecule has 1 amide bonds. The fourth-order valence-electron chi connectivity index (χ4n) is 1.86. The van der Waals surface area contributed by atoms with Gasteiger partial charge in [-0.1, -0.05) is 0 Å². The van der Waals surface area contributed by atoms with Crippen molar-refractivity contribution in [2.45, 2.75) is 31.4 Å². The van der Waals surface area contributed by atoms with Crippen LogP contribution in [0.4, 0.5) is 0 Å². The first kappa shape index (κ1) is 19.0. The van der Waals surface area contributed by atoms with E-state index in [0.29, 0.717) is 12.5 Å². The van der Waals surface area contributed by atoms with Crippen molar-refractivity contribution in [3.05, 3.63) is 17.9 Å². The first-order chi connectivity index (χ1) is 9.67. The highest BCUT2D eigenvalue weighted by atomic mass is 35.5. The van der Waals surface area contributed by atoms with Gasteiger partial charge in [0, 0.05) is 31.1 Å². The van der Waals surface area contributed by atoms with Crippen LogP contribution in [0.3, 0.4) is 0 Å². The number of carbonyl (C=O) groups excluding carboxylic acids is 1. The lowest BCUT2D eigenvalue weighted by Crippen LogP contribution is -2.48. The minimum Gasteiger partial charge on any atom is -0.438 e. The number of furan rings is 1. The van der Waals surface area contributed by atoms with Crippen molar-refractivity contribution in [1.29, 1.82) is 0 Å². The third-order valence-electron chi connectivity index (χ3n) is 2.93. The van der Waals surface area contributed by atoms with Crippen LogP contribution in [0.25, 0.3) is 0 Å². The fourth-order valence-corrected chi connectivity index (χ4v) is 3.21. The van der Waals surface area contributed by atoms with Crippen molar-refractivity contribution in [3.63, 3.8) is 0 Å². The summed E-state index contributed by atoms with van der Waals surface area (Å²) >= 11 is 0. The Hall–Kier alpha value is -1.09. The normalized spacial score (nSPS) is 15.8. The van der Waals surface area contributed by atoms with E-state index in [9.17, 15) is 13.2 Å². The van der Waals surface area contributed by atoms with Gasteiger partial charge in [-0.15, -0.1) is 12.4 Å². The number of hydrogen-bond acceptors (Lipinski definition) is 5. The molecule has 1 aromatic rings. The molecule has 2 heterocycles. The maximum absolute atomic E-state index is 12.1. The monoisotopic (exact) mass is 351 g/mol. The smallest absolute Gasteiger partial charge is 0.287 e. The van der Waals surface area contributed by atoms with Crippen LogP contribution in [0.5, 0.6) is 0 Å². The Balaban J connectivity index is 0.00000242. The SMILES string of the molecule is CC(C)(C)NS(=O)(=O)c1ccc(C(=O)NCC2CNC2)o1.Cl. The molecule has 0 unspecified atom stereocenters. The van der Waals surface area contributed by atoms with Gasteiger partial charge in [0.15, 0.2) is 5.76 Å². The average Bonchev–Trinajstić information content (AvgIpc) is 2.72. The van der Waals surface area contributed by atoms with E-state index in [-0.39, 0.29) is 23.3 Å². The van der Waals surface area contributed by atoms with E-state index in [1.807, 2.05) is 0 Å². The van der Waals surface area contributed by atoms with Crippen LogP contribution in [0.15, 0.2) is 21.6 Å². The summed E-state index contributed by atoms with van der Waals surface area (Å²) in [6, 6.07) is 2.65. The number of carbonyl (C=O) groups is 1. The minimum absolute atomic E-state index is 0. The summed E-state index contributed by atoms with van der Waals surface area (Å²) in [5.41, 5.74) is -0.620. The second-order valence-corrected chi connectivity index (χ2v) is 7.82. The van der Waals surface area contributed by atoms with Crippen LogP contribution in [-0.2, 0) is 10.0 Å². The standard InChI is InChI=1S/C13H21N3O4S.ClH/c1-13(2,3)16-21(18,19)11-5-4-10(20-11)12(17)15-8-9-6-14-7-9;/h4-5,9,14,16H,6-8H2,1-3H3,(H,15,17);1H. The van der Waals surface area contributed by atoms with Gasteiger partial charge in [0.1, 0.15) is 0 Å². The van der Waals surface area contributed by atoms with Crippen molar-refractivity contribution in [3.8, 4) is 0 Å². The van der Waals surface area contributed by atoms with E-state index in [1.165, 1.54) is 12.1 Å². The van der Waals surface area contributed by atoms with Crippen LogP contribution in [0, 0.1) is 5.92 Å². The molecule has 0 radical (unpaired) electrons. The zero-order valence-electron chi connectivity index (χ0n) is 12.8. The molecule has 1 aliphatic rings. The topological polar surface area (TPSA) is 100 Å². The van der Waals surface area contributed by atoms with Crippen molar-refractivity contribution in [1.82, 2.24) is 15.4 Å². The van der Waals surface area contributed by atoms with Crippen LogP contribution < -0.4 is 15.4 Å². The Labute approximate surface area is 136 Å². The molecule has 2 rings (SSSR count). The summed E-state index contributed by atoms with van der Waals surface area (Å²) in [5.74, 6) is 0.0188. The Morgan fingerprint density at radius 3 is 2.50 bits per heavy atom. The lowest BCUT2D eigenvalue weighted by molar-refractivity contribution is 0.0909. The van der Waals surface area contributed by atoms with E-state index in [0.717, 1.165) is 13.1 Å². The van der Waals surface area contributed by atoms with E-state index >= 15 is 0 Å². The average molecular weight is 352 g/mol. The zero-order valence-corrected chi connectivity index (χ0v) is 14.4. The predicted molar refractivity (Wildman–Crippen MR) is 84.7 cm³/mol. The fraction of sp³-hybridized carbons (Fsp3) is 0.615. The molecule has 0 aromatic carbocycles. The molecule has 22 heavy (non-hydrogen) atoms. The van der Waals surface area contributed by atoms with Gasteiger partial charge in [-0.3, -0.25) is 4.79 Å². The Morgan fingerprint density at radius 2 is 2.00 bits per heavy atom. The summed E-state index contributed by atoms with van der Waals surface area (Å²) in [7, 11) is -3.76. The van der Waals surface area contributed by atoms with Gasteiger partial charge in [-0.25, -0.2) is 13.1 Å². The van der Waals surface area contributed by atoms with Crippen molar-refractivity contribution in [2.75, 3.05) is 19.6 Å². The van der Waals surface area contributed by atoms with E-state index in [4.69, 9.17) is 4.42 Å². The quantitative estimate of drug-likeness (QED) is 0.726. The number of rotatable bonds is 5. The van der Waals surface area contributed by atoms with Gasteiger partial charge in [0.25, 0.3) is 15.9 Å². The molecule has 1 saturated heterocycles. The summed E-state index contributed by atoms with van der Waals surface area (Å²) in [6.45, 7) is 7.51. The maximum atomic E-state index is 12.1. The van der Waals surface area contributed by atoms with Crippen LogP contribution in [0.1, 0.15) is 31.3 Å². The number of nitrogens with one attached hydrogen (secondary N) is 3. The summed E-state index contributed by atoms with van der Waals surface area (Å²) in [5, 5.41) is 5.58. The minimum atomic E-state index is -3.76. The lowest BCUT2D eigenvalue weighted by atomic mass is 10.0. The highest BCUT2D eigenvalue weighted by Crippen LogP contribution is 2.16. The molecular formula is C13H22ClN3O4S. The molecule has 1 aliphatic heterocycles. The summed E-state index contributed by atoms with van der Waals surface area (Å²) in [6.07, 6.45) is 0. The molecule has 126 valence electrons. The van der Waals surface area contributed by atoms with Crippen molar-refractivity contribution < 1.29 is 17.6 Å². The van der Waals surface area contributed by atoms with Gasteiger partial charge in [0.2, 0.25) is 5.09 Å². The van der Waals surface area contributed by atoms with Crippen LogP contribution >= 0.6 is 12.4 Å². The molecule has 9 heteroatoms. The van der Waals surface area contributed by atoms with E-state index < -0.39 is 21.5 Å². The molecule has 0 spiro atoms. The molecule has 0 saturated carbocycles. The highest BCUT2D eigenvalue weighted by Gasteiger charge is 2.26. The van der Waals surface area contributed by atoms with Gasteiger partial charge < -0.3 is 15.1 Å². The zero-order chi connectivity index (χ0) is 15.7. The molecule has 0 aliphatic carbocycles. The lowest BCUT2D eigenvalue weighted by Gasteiger charge is -2.26. The third-order valence-corrected chi connectivity index (χ3v) is 4.56. The largest absolute Gasteiger partial charge is 0.438 e. The molecule has 3 N–H and O–H groups in total. The first-order valence-corrected chi connectivity index (χ1v) is 8.28. The summed E-state index contributed by atoms with van der Waals surface area (Å²) < 4.78 is 31.8. The predicted octanol–water partition coefficient (Wildman–Crippen LogP) is 0.727. The van der Waals surface area contributed by atoms with Gasteiger partial charge in [-0.05, 0) is 32.9 Å². The Kier molecular flexibility index (Phi) is 6.03. The molecule has 7 nitrogen and oxygen atoms in total. The van der Waals surface area contributed by atoms with Crippen LogP contribution in [0.2, 0.25) is 0 Å². The second kappa shape index (κ2) is 6.99. The number of hydrogen-bond donors (Lipinski definition) is 3. The van der Waals surface area contributed by atoms with Crippen molar-refractivity contribution >= 4 is 28.3 Å². The number of sulfonamides is 1. The van der Waals surface area contributed by atoms with Crippen molar-refractivity contribution in [2.24, 2.45) is 5.92 Å². The second-order valence-electron chi connectivity index (χ2n) is 6.21. The molecule has 1 aromatic heterocycles. The number of amides is 1. The van der Waals surface area contributed by atoms with Gasteiger partial charge in [-0.2, -0.15) is 0 Å². The molecule has 0 bridgehead atoms. The first-order valence-electron chi connectivity index (χ1n) is 6.80. The van der Waals surface area contributed by atoms with E-state index in [1.54, 1.807) is 20.8 Å². The Bertz CT molecular complexity index is 617. The number of halogens is 1. The molecule has 0 atom stereocenters. The highest BCUT2D eigenvalue weighted by molar-refractivity contribution is 7.89. The third kappa shape index (κ3) is 4.98. The molecule has 1 fully saturated rings. The van der Waals surface area contributed by atoms with Crippen LogP contribution in [-0.4, -0.2) is 39.5 Å². The van der Waals surface area contributed by atoms with E-state index in [2.05, 4.69) is 15.4 Å². The maximum Gasteiger partial charge on any atom is 0.287 e. The molecular weight excluding hydrogens is 330 g/mol.